The molecule has 1 atom stereocenters. The Bertz CT molecular complexity index is 1680. The van der Waals surface area contributed by atoms with E-state index in [1.54, 1.807) is 11.5 Å². The van der Waals surface area contributed by atoms with Crippen LogP contribution in [0, 0.1) is 6.92 Å². The average Bonchev–Trinajstić information content (AvgIpc) is 3.24. The van der Waals surface area contributed by atoms with Crippen molar-refractivity contribution in [1.29, 1.82) is 0 Å². The largest absolute Gasteiger partial charge is 0.463 e. The van der Waals surface area contributed by atoms with Gasteiger partial charge in [-0.1, -0.05) is 110 Å². The maximum absolute atomic E-state index is 13.9. The van der Waals surface area contributed by atoms with E-state index in [1.165, 1.54) is 16.9 Å². The summed E-state index contributed by atoms with van der Waals surface area (Å²) in [6.07, 6.45) is 1.89. The molecule has 0 fully saturated rings. The predicted molar refractivity (Wildman–Crippen MR) is 153 cm³/mol. The standard InChI is InChI=1S/C32H30N2O3S/c1-5-37-31(36)27-28(24-9-7-6-8-10-24)33-32-34(29(27)25-17-15-23(16-18-25)20(2)3)30(35)26(38-32)19-22-13-11-21(4)12-14-22/h6-20,29H,5H2,1-4H3/b26-19-/t29-/m1/s1. The summed E-state index contributed by atoms with van der Waals surface area (Å²) in [5.41, 5.74) is 5.63. The summed E-state index contributed by atoms with van der Waals surface area (Å²) in [6.45, 7) is 8.32. The van der Waals surface area contributed by atoms with E-state index < -0.39 is 12.0 Å². The lowest BCUT2D eigenvalue weighted by Crippen LogP contribution is -2.40. The summed E-state index contributed by atoms with van der Waals surface area (Å²) in [4.78, 5) is 32.9. The molecule has 0 aliphatic carbocycles. The van der Waals surface area contributed by atoms with Crippen molar-refractivity contribution < 1.29 is 9.53 Å². The van der Waals surface area contributed by atoms with Gasteiger partial charge in [-0.3, -0.25) is 9.36 Å². The molecule has 192 valence electrons. The molecule has 3 aromatic carbocycles. The number of aryl methyl sites for hydroxylation is 1. The quantitative estimate of drug-likeness (QED) is 0.320. The molecule has 1 aliphatic heterocycles. The molecule has 2 heterocycles. The minimum atomic E-state index is -0.665. The second kappa shape index (κ2) is 10.8. The second-order valence-corrected chi connectivity index (χ2v) is 10.7. The third-order valence-corrected chi connectivity index (χ3v) is 7.65. The van der Waals surface area contributed by atoms with Crippen LogP contribution < -0.4 is 14.9 Å². The van der Waals surface area contributed by atoms with Crippen molar-refractivity contribution in [3.8, 4) is 0 Å². The van der Waals surface area contributed by atoms with Crippen molar-refractivity contribution >= 4 is 29.1 Å². The van der Waals surface area contributed by atoms with Crippen LogP contribution in [0.3, 0.4) is 0 Å². The highest BCUT2D eigenvalue weighted by Gasteiger charge is 2.35. The number of fused-ring (bicyclic) bond motifs is 1. The first-order valence-electron chi connectivity index (χ1n) is 12.8. The maximum Gasteiger partial charge on any atom is 0.338 e. The predicted octanol–water partition coefficient (Wildman–Crippen LogP) is 5.37. The van der Waals surface area contributed by atoms with Gasteiger partial charge in [0.2, 0.25) is 0 Å². The topological polar surface area (TPSA) is 60.7 Å². The maximum atomic E-state index is 13.9. The Kier molecular flexibility index (Phi) is 7.25. The molecule has 6 heteroatoms. The van der Waals surface area contributed by atoms with E-state index in [9.17, 15) is 9.59 Å². The van der Waals surface area contributed by atoms with Gasteiger partial charge in [0.15, 0.2) is 4.80 Å². The molecule has 1 aromatic heterocycles. The average molecular weight is 523 g/mol. The van der Waals surface area contributed by atoms with Gasteiger partial charge >= 0.3 is 5.97 Å². The van der Waals surface area contributed by atoms with Crippen LogP contribution in [-0.2, 0) is 9.53 Å². The van der Waals surface area contributed by atoms with E-state index in [4.69, 9.17) is 9.73 Å². The van der Waals surface area contributed by atoms with Crippen LogP contribution in [0.5, 0.6) is 0 Å². The smallest absolute Gasteiger partial charge is 0.338 e. The highest BCUT2D eigenvalue weighted by Crippen LogP contribution is 2.35. The lowest BCUT2D eigenvalue weighted by molar-refractivity contribution is -0.138. The van der Waals surface area contributed by atoms with Gasteiger partial charge in [-0.15, -0.1) is 0 Å². The van der Waals surface area contributed by atoms with Gasteiger partial charge in [-0.05, 0) is 42.5 Å². The van der Waals surface area contributed by atoms with Crippen LogP contribution in [0.15, 0.2) is 94.2 Å². The van der Waals surface area contributed by atoms with Crippen molar-refractivity contribution in [2.45, 2.75) is 39.7 Å². The van der Waals surface area contributed by atoms with Crippen LogP contribution in [-0.4, -0.2) is 17.1 Å². The van der Waals surface area contributed by atoms with Gasteiger partial charge in [0.1, 0.15) is 0 Å². The Morgan fingerprint density at radius 2 is 1.71 bits per heavy atom. The number of carbonyl (C=O) groups is 1. The SMILES string of the molecule is CCOC(=O)C1=C(c2ccccc2)N=c2s/c(=C\c3ccc(C)cc3)c(=O)n2[C@@H]1c1ccc(C(C)C)cc1. The number of esters is 1. The number of rotatable bonds is 6. The minimum Gasteiger partial charge on any atom is -0.463 e. The molecular formula is C32H30N2O3S. The fourth-order valence-corrected chi connectivity index (χ4v) is 5.63. The first kappa shape index (κ1) is 25.6. The molecule has 0 saturated carbocycles. The number of thiazole rings is 1. The summed E-state index contributed by atoms with van der Waals surface area (Å²) in [5.74, 6) is -0.110. The highest BCUT2D eigenvalue weighted by atomic mass is 32.1. The van der Waals surface area contributed by atoms with Crippen molar-refractivity contribution in [3.05, 3.63) is 132 Å². The molecule has 38 heavy (non-hydrogen) atoms. The van der Waals surface area contributed by atoms with Crippen LogP contribution in [0.4, 0.5) is 0 Å². The van der Waals surface area contributed by atoms with E-state index in [0.29, 0.717) is 26.5 Å². The molecule has 1 aliphatic rings. The molecule has 5 nitrogen and oxygen atoms in total. The number of ether oxygens (including phenoxy) is 1. The number of hydrogen-bond donors (Lipinski definition) is 0. The van der Waals surface area contributed by atoms with Crippen molar-refractivity contribution in [2.75, 3.05) is 6.61 Å². The molecule has 0 N–H and O–H groups in total. The number of nitrogens with zero attached hydrogens (tertiary/aromatic N) is 2. The minimum absolute atomic E-state index is 0.179. The summed E-state index contributed by atoms with van der Waals surface area (Å²) in [7, 11) is 0. The molecule has 0 unspecified atom stereocenters. The molecule has 0 saturated heterocycles. The zero-order valence-electron chi connectivity index (χ0n) is 22.0. The summed E-state index contributed by atoms with van der Waals surface area (Å²) < 4.78 is 7.75. The zero-order chi connectivity index (χ0) is 26.8. The van der Waals surface area contributed by atoms with E-state index in [1.807, 2.05) is 79.7 Å². The monoisotopic (exact) mass is 522 g/mol. The van der Waals surface area contributed by atoms with Gasteiger partial charge < -0.3 is 4.74 Å². The lowest BCUT2D eigenvalue weighted by Gasteiger charge is -2.26. The summed E-state index contributed by atoms with van der Waals surface area (Å²) in [6, 6.07) is 25.1. The molecular weight excluding hydrogens is 492 g/mol. The second-order valence-electron chi connectivity index (χ2n) is 9.66. The number of benzene rings is 3. The number of hydrogen-bond acceptors (Lipinski definition) is 5. The van der Waals surface area contributed by atoms with E-state index >= 15 is 0 Å². The normalized spacial score (nSPS) is 15.4. The van der Waals surface area contributed by atoms with Crippen LogP contribution in [0.1, 0.15) is 60.5 Å². The summed E-state index contributed by atoms with van der Waals surface area (Å²) in [5, 5.41) is 0. The molecule has 0 bridgehead atoms. The summed E-state index contributed by atoms with van der Waals surface area (Å²) >= 11 is 1.33. The van der Waals surface area contributed by atoms with Crippen LogP contribution in [0.25, 0.3) is 11.8 Å². The fraction of sp³-hybridized carbons (Fsp3) is 0.219. The first-order valence-corrected chi connectivity index (χ1v) is 13.6. The molecule has 5 rings (SSSR count). The number of carbonyl (C=O) groups excluding carboxylic acids is 1. The molecule has 0 spiro atoms. The highest BCUT2D eigenvalue weighted by molar-refractivity contribution is 7.07. The lowest BCUT2D eigenvalue weighted by atomic mass is 9.91. The van der Waals surface area contributed by atoms with Gasteiger partial charge in [-0.2, -0.15) is 0 Å². The van der Waals surface area contributed by atoms with Gasteiger partial charge in [-0.25, -0.2) is 9.79 Å². The Labute approximate surface area is 226 Å². The van der Waals surface area contributed by atoms with Crippen molar-refractivity contribution in [3.63, 3.8) is 0 Å². The fourth-order valence-electron chi connectivity index (χ4n) is 4.63. The van der Waals surface area contributed by atoms with Crippen LogP contribution >= 0.6 is 11.3 Å². The van der Waals surface area contributed by atoms with Gasteiger partial charge in [0.25, 0.3) is 5.56 Å². The van der Waals surface area contributed by atoms with Gasteiger partial charge in [0.05, 0.1) is 28.5 Å². The Hall–Kier alpha value is -4.03. The zero-order valence-corrected chi connectivity index (χ0v) is 22.8. The Morgan fingerprint density at radius 1 is 1.03 bits per heavy atom. The first-order chi connectivity index (χ1) is 18.4. The van der Waals surface area contributed by atoms with E-state index in [-0.39, 0.29) is 12.2 Å². The van der Waals surface area contributed by atoms with Gasteiger partial charge in [0, 0.05) is 5.56 Å². The van der Waals surface area contributed by atoms with Crippen LogP contribution in [0.2, 0.25) is 0 Å². The number of aromatic nitrogens is 1. The Balaban J connectivity index is 1.81. The third kappa shape index (κ3) is 4.92. The van der Waals surface area contributed by atoms with Crippen molar-refractivity contribution in [2.24, 2.45) is 4.99 Å². The van der Waals surface area contributed by atoms with E-state index in [2.05, 4.69) is 26.0 Å². The molecule has 4 aromatic rings. The van der Waals surface area contributed by atoms with Crippen molar-refractivity contribution in [1.82, 2.24) is 4.57 Å². The molecule has 0 radical (unpaired) electrons. The molecule has 0 amide bonds. The van der Waals surface area contributed by atoms with E-state index in [0.717, 1.165) is 22.3 Å². The third-order valence-electron chi connectivity index (χ3n) is 6.67. The Morgan fingerprint density at radius 3 is 2.34 bits per heavy atom.